The molecule has 15 heavy (non-hydrogen) atoms. The lowest BCUT2D eigenvalue weighted by Gasteiger charge is -2.43. The van der Waals surface area contributed by atoms with Crippen molar-refractivity contribution in [3.05, 3.63) is 12.2 Å². The van der Waals surface area contributed by atoms with Crippen LogP contribution in [0.4, 0.5) is 0 Å². The molecule has 0 spiro atoms. The van der Waals surface area contributed by atoms with Crippen molar-refractivity contribution in [2.45, 2.75) is 58.2 Å². The molecular formula is C12H21NO2. The van der Waals surface area contributed by atoms with Crippen LogP contribution >= 0.6 is 0 Å². The third kappa shape index (κ3) is 3.06. The van der Waals surface area contributed by atoms with Gasteiger partial charge in [0.1, 0.15) is 6.10 Å². The molecule has 0 radical (unpaired) electrons. The van der Waals surface area contributed by atoms with Crippen molar-refractivity contribution < 1.29 is 9.53 Å². The average Bonchev–Trinajstić information content (AvgIpc) is 2.07. The van der Waals surface area contributed by atoms with E-state index in [1.807, 2.05) is 26.0 Å². The van der Waals surface area contributed by atoms with Crippen molar-refractivity contribution in [1.29, 1.82) is 0 Å². The Balaban J connectivity index is 2.78. The zero-order chi connectivity index (χ0) is 11.7. The van der Waals surface area contributed by atoms with Gasteiger partial charge in [-0.15, -0.1) is 0 Å². The van der Waals surface area contributed by atoms with Crippen molar-refractivity contribution >= 4 is 5.97 Å². The second kappa shape index (κ2) is 3.97. The minimum atomic E-state index is -0.219. The Bertz CT molecular complexity index is 279. The summed E-state index contributed by atoms with van der Waals surface area (Å²) in [6.07, 6.45) is 4.26. The first-order valence-corrected chi connectivity index (χ1v) is 5.45. The molecule has 0 aromatic rings. The standard InChI is InChI=1S/C12H21NO2/c1-6-10(14)15-9-7-8-11(2,3)13-12(9,4)5/h7-9,13H,6H2,1-5H3. The van der Waals surface area contributed by atoms with Gasteiger partial charge in [0.25, 0.3) is 0 Å². The highest BCUT2D eigenvalue weighted by molar-refractivity contribution is 5.69. The van der Waals surface area contributed by atoms with E-state index in [-0.39, 0.29) is 23.2 Å². The van der Waals surface area contributed by atoms with Crippen molar-refractivity contribution in [3.8, 4) is 0 Å². The molecule has 1 aliphatic heterocycles. The van der Waals surface area contributed by atoms with Crippen LogP contribution in [0.5, 0.6) is 0 Å². The van der Waals surface area contributed by atoms with E-state index in [0.29, 0.717) is 6.42 Å². The third-order valence-corrected chi connectivity index (χ3v) is 2.59. The molecule has 0 aliphatic carbocycles. The fourth-order valence-electron chi connectivity index (χ4n) is 1.92. The van der Waals surface area contributed by atoms with Crippen LogP contribution in [0.3, 0.4) is 0 Å². The number of carbonyl (C=O) groups excluding carboxylic acids is 1. The second-order valence-electron chi connectivity index (χ2n) is 5.19. The van der Waals surface area contributed by atoms with Gasteiger partial charge in [0, 0.05) is 12.0 Å². The lowest BCUT2D eigenvalue weighted by molar-refractivity contribution is -0.150. The zero-order valence-electron chi connectivity index (χ0n) is 10.3. The molecule has 0 bridgehead atoms. The highest BCUT2D eigenvalue weighted by Crippen LogP contribution is 2.25. The second-order valence-corrected chi connectivity index (χ2v) is 5.19. The van der Waals surface area contributed by atoms with Gasteiger partial charge in [-0.3, -0.25) is 10.1 Å². The molecule has 0 fully saturated rings. The smallest absolute Gasteiger partial charge is 0.306 e. The summed E-state index contributed by atoms with van der Waals surface area (Å²) in [7, 11) is 0. The predicted molar refractivity (Wildman–Crippen MR) is 60.6 cm³/mol. The summed E-state index contributed by atoms with van der Waals surface area (Å²) >= 11 is 0. The summed E-state index contributed by atoms with van der Waals surface area (Å²) in [4.78, 5) is 11.2. The van der Waals surface area contributed by atoms with Gasteiger partial charge in [-0.05, 0) is 33.8 Å². The van der Waals surface area contributed by atoms with Crippen molar-refractivity contribution in [3.63, 3.8) is 0 Å². The molecule has 0 amide bonds. The molecule has 0 saturated heterocycles. The Morgan fingerprint density at radius 2 is 2.00 bits per heavy atom. The van der Waals surface area contributed by atoms with E-state index in [1.54, 1.807) is 6.92 Å². The number of nitrogens with one attached hydrogen (secondary N) is 1. The van der Waals surface area contributed by atoms with E-state index in [2.05, 4.69) is 19.2 Å². The molecule has 1 unspecified atom stereocenters. The topological polar surface area (TPSA) is 38.3 Å². The Morgan fingerprint density at radius 1 is 1.40 bits per heavy atom. The highest BCUT2D eigenvalue weighted by Gasteiger charge is 2.38. The molecule has 1 heterocycles. The molecule has 1 rings (SSSR count). The highest BCUT2D eigenvalue weighted by atomic mass is 16.5. The van der Waals surface area contributed by atoms with E-state index in [1.165, 1.54) is 0 Å². The van der Waals surface area contributed by atoms with Crippen molar-refractivity contribution in [1.82, 2.24) is 5.32 Å². The van der Waals surface area contributed by atoms with Crippen LogP contribution in [0, 0.1) is 0 Å². The van der Waals surface area contributed by atoms with Gasteiger partial charge in [-0.2, -0.15) is 0 Å². The Hall–Kier alpha value is -0.830. The summed E-state index contributed by atoms with van der Waals surface area (Å²) < 4.78 is 5.36. The van der Waals surface area contributed by atoms with E-state index >= 15 is 0 Å². The Kier molecular flexibility index (Phi) is 3.24. The van der Waals surface area contributed by atoms with E-state index in [0.717, 1.165) is 0 Å². The van der Waals surface area contributed by atoms with Gasteiger partial charge < -0.3 is 4.74 Å². The SMILES string of the molecule is CCC(=O)OC1C=CC(C)(C)NC1(C)C. The average molecular weight is 211 g/mol. The van der Waals surface area contributed by atoms with E-state index in [9.17, 15) is 4.79 Å². The summed E-state index contributed by atoms with van der Waals surface area (Å²) in [5, 5.41) is 3.45. The number of ether oxygens (including phenoxy) is 1. The van der Waals surface area contributed by atoms with Crippen LogP contribution in [0.2, 0.25) is 0 Å². The molecule has 3 nitrogen and oxygen atoms in total. The molecule has 86 valence electrons. The van der Waals surface area contributed by atoms with Gasteiger partial charge in [0.2, 0.25) is 0 Å². The van der Waals surface area contributed by atoms with Gasteiger partial charge in [-0.25, -0.2) is 0 Å². The van der Waals surface area contributed by atoms with Gasteiger partial charge in [0.05, 0.1) is 5.54 Å². The maximum Gasteiger partial charge on any atom is 0.306 e. The molecule has 0 saturated carbocycles. The maximum absolute atomic E-state index is 11.2. The first-order valence-electron chi connectivity index (χ1n) is 5.45. The van der Waals surface area contributed by atoms with Gasteiger partial charge in [-0.1, -0.05) is 13.0 Å². The summed E-state index contributed by atoms with van der Waals surface area (Å²) in [5.74, 6) is -0.153. The van der Waals surface area contributed by atoms with E-state index in [4.69, 9.17) is 4.74 Å². The molecule has 1 atom stereocenters. The molecule has 0 aromatic heterocycles. The lowest BCUT2D eigenvalue weighted by atomic mass is 9.86. The van der Waals surface area contributed by atoms with Gasteiger partial charge >= 0.3 is 5.97 Å². The molecule has 3 heteroatoms. The van der Waals surface area contributed by atoms with Crippen molar-refractivity contribution in [2.75, 3.05) is 0 Å². The Labute approximate surface area is 91.9 Å². The quantitative estimate of drug-likeness (QED) is 0.561. The van der Waals surface area contributed by atoms with Crippen LogP contribution < -0.4 is 5.32 Å². The van der Waals surface area contributed by atoms with Crippen LogP contribution in [0.25, 0.3) is 0 Å². The monoisotopic (exact) mass is 211 g/mol. The summed E-state index contributed by atoms with van der Waals surface area (Å²) in [6, 6.07) is 0. The summed E-state index contributed by atoms with van der Waals surface area (Å²) in [6.45, 7) is 10.1. The fourth-order valence-corrected chi connectivity index (χ4v) is 1.92. The van der Waals surface area contributed by atoms with Crippen LogP contribution in [-0.4, -0.2) is 23.2 Å². The van der Waals surface area contributed by atoms with Crippen LogP contribution in [0.15, 0.2) is 12.2 Å². The fraction of sp³-hybridized carbons (Fsp3) is 0.750. The number of hydrogen-bond acceptors (Lipinski definition) is 3. The predicted octanol–water partition coefficient (Wildman–Crippen LogP) is 2.02. The number of esters is 1. The molecule has 1 aliphatic rings. The van der Waals surface area contributed by atoms with Crippen LogP contribution in [-0.2, 0) is 9.53 Å². The first kappa shape index (κ1) is 12.2. The molecule has 0 aromatic carbocycles. The Morgan fingerprint density at radius 3 is 2.47 bits per heavy atom. The first-order chi connectivity index (χ1) is 6.77. The van der Waals surface area contributed by atoms with E-state index < -0.39 is 0 Å². The minimum absolute atomic E-state index is 0.0430. The molecule has 1 N–H and O–H groups in total. The minimum Gasteiger partial charge on any atom is -0.456 e. The number of hydrogen-bond donors (Lipinski definition) is 1. The maximum atomic E-state index is 11.2. The van der Waals surface area contributed by atoms with Crippen LogP contribution in [0.1, 0.15) is 41.0 Å². The third-order valence-electron chi connectivity index (χ3n) is 2.59. The van der Waals surface area contributed by atoms with Gasteiger partial charge in [0.15, 0.2) is 0 Å². The normalized spacial score (nSPS) is 27.4. The number of rotatable bonds is 2. The largest absolute Gasteiger partial charge is 0.456 e. The zero-order valence-corrected chi connectivity index (χ0v) is 10.3. The number of carbonyl (C=O) groups is 1. The molecular weight excluding hydrogens is 190 g/mol. The summed E-state index contributed by atoms with van der Waals surface area (Å²) in [5.41, 5.74) is -0.262. The van der Waals surface area contributed by atoms with Crippen molar-refractivity contribution in [2.24, 2.45) is 0 Å². The lowest BCUT2D eigenvalue weighted by Crippen LogP contribution is -2.60.